The number of urea groups is 1. The number of amidine groups is 1. The van der Waals surface area contributed by atoms with E-state index in [9.17, 15) is 23.5 Å². The number of unbranched alkanes of at least 4 members (excludes halogenated alkanes) is 1. The number of hydrogen-bond donors (Lipinski definition) is 4. The van der Waals surface area contributed by atoms with E-state index in [1.807, 2.05) is 0 Å². The summed E-state index contributed by atoms with van der Waals surface area (Å²) in [5, 5.41) is 23.0. The van der Waals surface area contributed by atoms with Crippen molar-refractivity contribution in [3.63, 3.8) is 0 Å². The number of anilines is 2. The number of aromatic hydroxyl groups is 1. The number of phenolic OH excluding ortho intramolecular Hbond substituents is 1. The highest BCUT2D eigenvalue weighted by Gasteiger charge is 2.25. The van der Waals surface area contributed by atoms with Gasteiger partial charge in [0.2, 0.25) is 0 Å². The van der Waals surface area contributed by atoms with Crippen LogP contribution in [0.2, 0.25) is 5.02 Å². The van der Waals surface area contributed by atoms with E-state index in [1.165, 1.54) is 12.1 Å². The second-order valence-corrected chi connectivity index (χ2v) is 9.59. The molecule has 1 fully saturated rings. The maximum atomic E-state index is 14.8. The van der Waals surface area contributed by atoms with Crippen molar-refractivity contribution in [3.8, 4) is 5.75 Å². The van der Waals surface area contributed by atoms with E-state index in [-0.39, 0.29) is 29.7 Å². The molecule has 2 aromatic carbocycles. The monoisotopic (exact) mass is 566 g/mol. The zero-order valence-corrected chi connectivity index (χ0v) is 22.6. The Balaban J connectivity index is 1.58. The highest BCUT2D eigenvalue weighted by molar-refractivity contribution is 6.34. The summed E-state index contributed by atoms with van der Waals surface area (Å²) in [7, 11) is 0. The topological polar surface area (TPSA) is 124 Å². The predicted molar refractivity (Wildman–Crippen MR) is 144 cm³/mol. The SMILES string of the molecule is CCCCC1CCC(OCC(=N)N(CC)C(=O)Nc2cc(O)c(C(=O)Nc3c(F)cccc3Cl)cc2F)OC1. The van der Waals surface area contributed by atoms with Gasteiger partial charge >= 0.3 is 6.03 Å². The molecular formula is C27H33ClF2N4O5. The first-order chi connectivity index (χ1) is 18.6. The predicted octanol–water partition coefficient (Wildman–Crippen LogP) is 6.37. The van der Waals surface area contributed by atoms with Crippen molar-refractivity contribution >= 4 is 40.7 Å². The van der Waals surface area contributed by atoms with Gasteiger partial charge in [-0.15, -0.1) is 0 Å². The second-order valence-electron chi connectivity index (χ2n) is 9.18. The zero-order valence-electron chi connectivity index (χ0n) is 21.9. The third-order valence-corrected chi connectivity index (χ3v) is 6.68. The molecule has 1 aliphatic rings. The first kappa shape index (κ1) is 30.3. The number of para-hydroxylation sites is 1. The van der Waals surface area contributed by atoms with Gasteiger partial charge in [-0.3, -0.25) is 15.1 Å². The highest BCUT2D eigenvalue weighted by atomic mass is 35.5. The van der Waals surface area contributed by atoms with Crippen LogP contribution in [0.4, 0.5) is 25.0 Å². The lowest BCUT2D eigenvalue weighted by Gasteiger charge is -2.30. The van der Waals surface area contributed by atoms with Crippen LogP contribution in [0.15, 0.2) is 30.3 Å². The quantitative estimate of drug-likeness (QED) is 0.197. The maximum Gasteiger partial charge on any atom is 0.327 e. The van der Waals surface area contributed by atoms with Crippen LogP contribution in [-0.2, 0) is 9.47 Å². The second kappa shape index (κ2) is 14.2. The molecule has 2 aromatic rings. The lowest BCUT2D eigenvalue weighted by Crippen LogP contribution is -2.42. The molecule has 0 bridgehead atoms. The van der Waals surface area contributed by atoms with Gasteiger partial charge in [0.05, 0.1) is 28.6 Å². The van der Waals surface area contributed by atoms with Gasteiger partial charge in [-0.1, -0.05) is 37.4 Å². The Labute approximate surface area is 230 Å². The van der Waals surface area contributed by atoms with Crippen LogP contribution in [-0.4, -0.2) is 53.8 Å². The summed E-state index contributed by atoms with van der Waals surface area (Å²) in [6, 6.07) is 4.50. The van der Waals surface area contributed by atoms with E-state index in [2.05, 4.69) is 17.6 Å². The van der Waals surface area contributed by atoms with Crippen LogP contribution in [0, 0.1) is 23.0 Å². The molecule has 9 nitrogen and oxygen atoms in total. The van der Waals surface area contributed by atoms with Crippen LogP contribution in [0.3, 0.4) is 0 Å². The number of nitrogens with one attached hydrogen (secondary N) is 3. The van der Waals surface area contributed by atoms with Crippen LogP contribution in [0.1, 0.15) is 56.3 Å². The lowest BCUT2D eigenvalue weighted by atomic mass is 9.96. The number of likely N-dealkylation sites (N-methyl/N-ethyl adjacent to an activating group) is 1. The number of ether oxygens (including phenoxy) is 2. The molecule has 3 rings (SSSR count). The normalized spacial score (nSPS) is 16.9. The summed E-state index contributed by atoms with van der Waals surface area (Å²) in [6.45, 7) is 4.29. The molecular weight excluding hydrogens is 534 g/mol. The van der Waals surface area contributed by atoms with Gasteiger partial charge < -0.3 is 25.2 Å². The van der Waals surface area contributed by atoms with Gasteiger partial charge in [-0.25, -0.2) is 13.6 Å². The number of halogens is 3. The van der Waals surface area contributed by atoms with Crippen molar-refractivity contribution in [2.45, 2.75) is 52.2 Å². The fraction of sp³-hybridized carbons (Fsp3) is 0.444. The molecule has 1 saturated heterocycles. The van der Waals surface area contributed by atoms with E-state index in [0.29, 0.717) is 25.0 Å². The zero-order chi connectivity index (χ0) is 28.5. The van der Waals surface area contributed by atoms with Crippen LogP contribution >= 0.6 is 11.6 Å². The fourth-order valence-corrected chi connectivity index (χ4v) is 4.37. The van der Waals surface area contributed by atoms with Crippen molar-refractivity contribution in [2.75, 3.05) is 30.4 Å². The number of nitrogens with zero attached hydrogens (tertiary/aromatic N) is 1. The average Bonchev–Trinajstić information content (AvgIpc) is 2.91. The van der Waals surface area contributed by atoms with Crippen molar-refractivity contribution in [1.29, 1.82) is 5.41 Å². The molecule has 4 N–H and O–H groups in total. The largest absolute Gasteiger partial charge is 0.507 e. The smallest absolute Gasteiger partial charge is 0.327 e. The van der Waals surface area contributed by atoms with Crippen LogP contribution in [0.25, 0.3) is 0 Å². The molecule has 212 valence electrons. The first-order valence-electron chi connectivity index (χ1n) is 12.8. The fourth-order valence-electron chi connectivity index (χ4n) is 4.16. The molecule has 3 amide bonds. The summed E-state index contributed by atoms with van der Waals surface area (Å²) >= 11 is 5.90. The molecule has 0 spiro atoms. The highest BCUT2D eigenvalue weighted by Crippen LogP contribution is 2.29. The van der Waals surface area contributed by atoms with E-state index in [4.69, 9.17) is 26.5 Å². The van der Waals surface area contributed by atoms with Crippen LogP contribution in [0.5, 0.6) is 5.75 Å². The molecule has 12 heteroatoms. The molecule has 0 aromatic heterocycles. The number of phenols is 1. The van der Waals surface area contributed by atoms with Gasteiger partial charge in [-0.05, 0) is 50.3 Å². The number of carbonyl (C=O) groups excluding carboxylic acids is 2. The summed E-state index contributed by atoms with van der Waals surface area (Å²) in [6.07, 6.45) is 4.61. The molecule has 0 saturated carbocycles. The van der Waals surface area contributed by atoms with Crippen molar-refractivity contribution in [1.82, 2.24) is 4.90 Å². The van der Waals surface area contributed by atoms with Gasteiger partial charge in [-0.2, -0.15) is 0 Å². The van der Waals surface area contributed by atoms with Gasteiger partial charge in [0.15, 0.2) is 6.29 Å². The summed E-state index contributed by atoms with van der Waals surface area (Å²) in [5.74, 6) is -3.16. The number of benzene rings is 2. The molecule has 39 heavy (non-hydrogen) atoms. The number of rotatable bonds is 10. The number of carbonyl (C=O) groups is 2. The standard InChI is InChI=1S/C27H33ClF2N4O5/c1-3-5-7-16-10-11-24(38-14-16)39-15-23(31)34(4-2)27(37)32-21-13-22(35)17(12-20(21)30)26(36)33-25-18(28)8-6-9-19(25)29/h6,8-9,12-13,16,24,31,35H,3-5,7,10-11,14-15H2,1-2H3,(H,32,37)(H,33,36). The van der Waals surface area contributed by atoms with Crippen molar-refractivity contribution in [2.24, 2.45) is 5.92 Å². The van der Waals surface area contributed by atoms with Crippen molar-refractivity contribution in [3.05, 3.63) is 52.6 Å². The summed E-state index contributed by atoms with van der Waals surface area (Å²) in [5.41, 5.74) is -1.24. The molecule has 1 aliphatic heterocycles. The van der Waals surface area contributed by atoms with Gasteiger partial charge in [0.1, 0.15) is 29.8 Å². The average molecular weight is 567 g/mol. The molecule has 0 radical (unpaired) electrons. The first-order valence-corrected chi connectivity index (χ1v) is 13.2. The lowest BCUT2D eigenvalue weighted by molar-refractivity contribution is -0.168. The third kappa shape index (κ3) is 8.11. The minimum absolute atomic E-state index is 0.0792. The molecule has 2 atom stereocenters. The van der Waals surface area contributed by atoms with Crippen LogP contribution < -0.4 is 10.6 Å². The molecule has 0 aliphatic carbocycles. The number of amides is 3. The maximum absolute atomic E-state index is 14.8. The Bertz CT molecular complexity index is 1170. The van der Waals surface area contributed by atoms with E-state index in [0.717, 1.165) is 42.7 Å². The Hall–Kier alpha value is -3.28. The Morgan fingerprint density at radius 3 is 2.62 bits per heavy atom. The van der Waals surface area contributed by atoms with E-state index < -0.39 is 46.9 Å². The third-order valence-electron chi connectivity index (χ3n) is 6.36. The summed E-state index contributed by atoms with van der Waals surface area (Å²) < 4.78 is 40.2. The summed E-state index contributed by atoms with van der Waals surface area (Å²) in [4.78, 5) is 26.4. The Morgan fingerprint density at radius 2 is 1.97 bits per heavy atom. The van der Waals surface area contributed by atoms with Gasteiger partial charge in [0, 0.05) is 12.6 Å². The minimum Gasteiger partial charge on any atom is -0.507 e. The Kier molecular flexibility index (Phi) is 11.0. The van der Waals surface area contributed by atoms with Crippen molar-refractivity contribution < 1.29 is 33.0 Å². The molecule has 2 unspecified atom stereocenters. The van der Waals surface area contributed by atoms with E-state index >= 15 is 0 Å². The molecule has 1 heterocycles. The van der Waals surface area contributed by atoms with Gasteiger partial charge in [0.25, 0.3) is 5.91 Å². The Morgan fingerprint density at radius 1 is 1.21 bits per heavy atom. The minimum atomic E-state index is -1.03. The van der Waals surface area contributed by atoms with E-state index in [1.54, 1.807) is 6.92 Å². The number of hydrogen-bond acceptors (Lipinski definition) is 6.